The minimum absolute atomic E-state index is 0.0273. The van der Waals surface area contributed by atoms with Crippen LogP contribution < -0.4 is 4.90 Å². The van der Waals surface area contributed by atoms with Crippen LogP contribution in [0, 0.1) is 23.0 Å². The van der Waals surface area contributed by atoms with Crippen molar-refractivity contribution in [2.75, 3.05) is 18.0 Å². The number of rotatable bonds is 1. The Bertz CT molecular complexity index is 500. The molecule has 0 saturated carbocycles. The molecule has 1 aliphatic rings. The summed E-state index contributed by atoms with van der Waals surface area (Å²) < 4.78 is 27.8. The smallest absolute Gasteiger partial charge is 0.150 e. The molecule has 0 radical (unpaired) electrons. The monoisotopic (exact) mass is 266 g/mol. The van der Waals surface area contributed by atoms with Gasteiger partial charge in [0, 0.05) is 13.1 Å². The van der Waals surface area contributed by atoms with E-state index in [-0.39, 0.29) is 11.3 Å². The van der Waals surface area contributed by atoms with Crippen LogP contribution in [0.25, 0.3) is 0 Å². The standard InChI is InChI=1S/C14H16F2N2O/c1-14(19)3-2-5-18(6-4-14)13-11(15)7-10(9-17)8-12(13)16/h7-8,19H,2-6H2,1H3. The van der Waals surface area contributed by atoms with Crippen molar-refractivity contribution in [3.63, 3.8) is 0 Å². The van der Waals surface area contributed by atoms with Gasteiger partial charge in [0.25, 0.3) is 0 Å². The molecule has 0 aliphatic carbocycles. The maximum atomic E-state index is 13.9. The molecule has 1 saturated heterocycles. The first-order valence-electron chi connectivity index (χ1n) is 6.29. The van der Waals surface area contributed by atoms with Gasteiger partial charge in [-0.25, -0.2) is 8.78 Å². The molecule has 1 aromatic carbocycles. The van der Waals surface area contributed by atoms with Gasteiger partial charge in [0.1, 0.15) is 5.69 Å². The number of nitrogens with zero attached hydrogens (tertiary/aromatic N) is 2. The molecular weight excluding hydrogens is 250 g/mol. The Kier molecular flexibility index (Phi) is 3.72. The lowest BCUT2D eigenvalue weighted by molar-refractivity contribution is 0.0481. The van der Waals surface area contributed by atoms with Crippen molar-refractivity contribution < 1.29 is 13.9 Å². The van der Waals surface area contributed by atoms with Gasteiger partial charge in [-0.15, -0.1) is 0 Å². The second-order valence-electron chi connectivity index (χ2n) is 5.24. The Morgan fingerprint density at radius 1 is 1.26 bits per heavy atom. The van der Waals surface area contributed by atoms with E-state index in [2.05, 4.69) is 0 Å². The second kappa shape index (κ2) is 5.14. The van der Waals surface area contributed by atoms with Crippen molar-refractivity contribution in [1.29, 1.82) is 5.26 Å². The Morgan fingerprint density at radius 3 is 2.47 bits per heavy atom. The lowest BCUT2D eigenvalue weighted by Crippen LogP contribution is -2.29. The van der Waals surface area contributed by atoms with E-state index in [1.165, 1.54) is 0 Å². The summed E-state index contributed by atoms with van der Waals surface area (Å²) in [5.41, 5.74) is -0.911. The molecule has 5 heteroatoms. The third kappa shape index (κ3) is 3.02. The van der Waals surface area contributed by atoms with Crippen LogP contribution in [-0.2, 0) is 0 Å². The van der Waals surface area contributed by atoms with Gasteiger partial charge in [0.05, 0.1) is 17.2 Å². The predicted octanol–water partition coefficient (Wildman–Crippen LogP) is 2.58. The van der Waals surface area contributed by atoms with Gasteiger partial charge < -0.3 is 10.0 Å². The van der Waals surface area contributed by atoms with Crippen LogP contribution in [0.1, 0.15) is 31.7 Å². The van der Waals surface area contributed by atoms with Crippen LogP contribution in [0.15, 0.2) is 12.1 Å². The molecule has 102 valence electrons. The highest BCUT2D eigenvalue weighted by atomic mass is 19.1. The van der Waals surface area contributed by atoms with E-state index in [1.54, 1.807) is 17.9 Å². The number of anilines is 1. The van der Waals surface area contributed by atoms with E-state index in [4.69, 9.17) is 5.26 Å². The first kappa shape index (κ1) is 13.8. The third-order valence-electron chi connectivity index (χ3n) is 3.53. The molecule has 1 atom stereocenters. The highest BCUT2D eigenvalue weighted by Gasteiger charge is 2.27. The topological polar surface area (TPSA) is 47.3 Å². The van der Waals surface area contributed by atoms with Crippen molar-refractivity contribution in [2.24, 2.45) is 0 Å². The maximum Gasteiger partial charge on any atom is 0.150 e. The fraction of sp³-hybridized carbons (Fsp3) is 0.500. The zero-order valence-corrected chi connectivity index (χ0v) is 10.8. The molecule has 3 nitrogen and oxygen atoms in total. The molecule has 1 aliphatic heterocycles. The first-order valence-corrected chi connectivity index (χ1v) is 6.29. The molecule has 1 unspecified atom stereocenters. The summed E-state index contributed by atoms with van der Waals surface area (Å²) in [6.07, 6.45) is 1.75. The molecule has 19 heavy (non-hydrogen) atoms. The van der Waals surface area contributed by atoms with Crippen LogP contribution in [0.2, 0.25) is 0 Å². The SMILES string of the molecule is CC1(O)CCCN(c2c(F)cc(C#N)cc2F)CC1. The minimum atomic E-state index is -0.783. The maximum absolute atomic E-state index is 13.9. The zero-order chi connectivity index (χ0) is 14.0. The molecular formula is C14H16F2N2O. The number of benzene rings is 1. The quantitative estimate of drug-likeness (QED) is 0.849. The van der Waals surface area contributed by atoms with Crippen LogP contribution in [0.4, 0.5) is 14.5 Å². The van der Waals surface area contributed by atoms with Gasteiger partial charge in [-0.05, 0) is 38.3 Å². The van der Waals surface area contributed by atoms with Crippen molar-refractivity contribution >= 4 is 5.69 Å². The Labute approximate surface area is 111 Å². The van der Waals surface area contributed by atoms with E-state index in [9.17, 15) is 13.9 Å². The van der Waals surface area contributed by atoms with Crippen LogP contribution in [-0.4, -0.2) is 23.8 Å². The molecule has 1 N–H and O–H groups in total. The number of nitriles is 1. The lowest BCUT2D eigenvalue weighted by Gasteiger charge is -2.25. The lowest BCUT2D eigenvalue weighted by atomic mass is 9.98. The molecule has 0 aromatic heterocycles. The molecule has 0 spiro atoms. The van der Waals surface area contributed by atoms with Gasteiger partial charge in [0.15, 0.2) is 11.6 Å². The number of aliphatic hydroxyl groups is 1. The summed E-state index contributed by atoms with van der Waals surface area (Å²) in [5.74, 6) is -1.45. The molecule has 1 fully saturated rings. The Hall–Kier alpha value is -1.67. The first-order chi connectivity index (χ1) is 8.93. The summed E-state index contributed by atoms with van der Waals surface area (Å²) >= 11 is 0. The van der Waals surface area contributed by atoms with Crippen LogP contribution in [0.5, 0.6) is 0 Å². The molecule has 0 amide bonds. The predicted molar refractivity (Wildman–Crippen MR) is 67.8 cm³/mol. The molecule has 2 rings (SSSR count). The van der Waals surface area contributed by atoms with E-state index < -0.39 is 17.2 Å². The normalized spacial score (nSPS) is 23.8. The van der Waals surface area contributed by atoms with Gasteiger partial charge in [0.2, 0.25) is 0 Å². The average molecular weight is 266 g/mol. The van der Waals surface area contributed by atoms with E-state index in [1.807, 2.05) is 0 Å². The van der Waals surface area contributed by atoms with Crippen LogP contribution >= 0.6 is 0 Å². The summed E-state index contributed by atoms with van der Waals surface area (Å²) in [6, 6.07) is 3.81. The van der Waals surface area contributed by atoms with Crippen LogP contribution in [0.3, 0.4) is 0 Å². The number of hydrogen-bond donors (Lipinski definition) is 1. The third-order valence-corrected chi connectivity index (χ3v) is 3.53. The van der Waals surface area contributed by atoms with E-state index >= 15 is 0 Å². The molecule has 1 aromatic rings. The van der Waals surface area contributed by atoms with Crippen molar-refractivity contribution in [3.8, 4) is 6.07 Å². The number of hydrogen-bond acceptors (Lipinski definition) is 3. The average Bonchev–Trinajstić information content (AvgIpc) is 2.50. The van der Waals surface area contributed by atoms with Gasteiger partial charge in [-0.3, -0.25) is 0 Å². The summed E-state index contributed by atoms with van der Waals surface area (Å²) in [6.45, 7) is 2.63. The largest absolute Gasteiger partial charge is 0.390 e. The second-order valence-corrected chi connectivity index (χ2v) is 5.24. The van der Waals surface area contributed by atoms with Gasteiger partial charge >= 0.3 is 0 Å². The van der Waals surface area contributed by atoms with Crippen molar-refractivity contribution in [2.45, 2.75) is 31.8 Å². The minimum Gasteiger partial charge on any atom is -0.390 e. The summed E-state index contributed by atoms with van der Waals surface area (Å²) in [5, 5.41) is 18.7. The van der Waals surface area contributed by atoms with Crippen molar-refractivity contribution in [3.05, 3.63) is 29.3 Å². The van der Waals surface area contributed by atoms with Gasteiger partial charge in [-0.1, -0.05) is 0 Å². The van der Waals surface area contributed by atoms with Crippen molar-refractivity contribution in [1.82, 2.24) is 0 Å². The van der Waals surface area contributed by atoms with Gasteiger partial charge in [-0.2, -0.15) is 5.26 Å². The Morgan fingerprint density at radius 2 is 1.89 bits per heavy atom. The fourth-order valence-corrected chi connectivity index (χ4v) is 2.42. The summed E-state index contributed by atoms with van der Waals surface area (Å²) in [4.78, 5) is 1.60. The number of halogens is 2. The zero-order valence-electron chi connectivity index (χ0n) is 10.8. The van der Waals surface area contributed by atoms with E-state index in [0.717, 1.165) is 12.1 Å². The highest BCUT2D eigenvalue weighted by molar-refractivity contribution is 5.52. The van der Waals surface area contributed by atoms with E-state index in [0.29, 0.717) is 32.4 Å². The molecule has 0 bridgehead atoms. The summed E-state index contributed by atoms with van der Waals surface area (Å²) in [7, 11) is 0. The fourth-order valence-electron chi connectivity index (χ4n) is 2.42. The molecule has 1 heterocycles. The Balaban J connectivity index is 2.30. The highest BCUT2D eigenvalue weighted by Crippen LogP contribution is 2.29.